The summed E-state index contributed by atoms with van der Waals surface area (Å²) in [5, 5.41) is 0. The van der Waals surface area contributed by atoms with E-state index >= 15 is 0 Å². The minimum absolute atomic E-state index is 0.107. The van der Waals surface area contributed by atoms with E-state index in [2.05, 4.69) is 32.6 Å². The quantitative estimate of drug-likeness (QED) is 0.756. The van der Waals surface area contributed by atoms with E-state index in [1.807, 2.05) is 14.7 Å². The van der Waals surface area contributed by atoms with E-state index in [1.54, 1.807) is 0 Å². The Morgan fingerprint density at radius 2 is 1.38 bits per heavy atom. The molecule has 138 valence electrons. The summed E-state index contributed by atoms with van der Waals surface area (Å²) in [6, 6.07) is 0.527. The zero-order valence-corrected chi connectivity index (χ0v) is 15.5. The molecule has 3 amide bonds. The van der Waals surface area contributed by atoms with E-state index in [1.165, 1.54) is 0 Å². The van der Waals surface area contributed by atoms with Gasteiger partial charge in [0.15, 0.2) is 0 Å². The molecule has 2 aliphatic heterocycles. The zero-order chi connectivity index (χ0) is 17.7. The Balaban J connectivity index is 1.79. The summed E-state index contributed by atoms with van der Waals surface area (Å²) in [5.41, 5.74) is 0. The number of hydrogen-bond donors (Lipinski definition) is 0. The maximum absolute atomic E-state index is 12.5. The van der Waals surface area contributed by atoms with Crippen molar-refractivity contribution in [2.45, 2.75) is 39.8 Å². The highest BCUT2D eigenvalue weighted by Gasteiger charge is 2.28. The second-order valence-corrected chi connectivity index (χ2v) is 7.13. The van der Waals surface area contributed by atoms with Crippen LogP contribution in [0.1, 0.15) is 27.7 Å². The summed E-state index contributed by atoms with van der Waals surface area (Å²) >= 11 is 0. The van der Waals surface area contributed by atoms with Gasteiger partial charge in [0, 0.05) is 51.4 Å². The lowest BCUT2D eigenvalue weighted by Crippen LogP contribution is -2.56. The van der Waals surface area contributed by atoms with Crippen LogP contribution in [0.3, 0.4) is 0 Å². The summed E-state index contributed by atoms with van der Waals surface area (Å²) in [6.07, 6.45) is 0. The highest BCUT2D eigenvalue weighted by atomic mass is 16.5. The predicted octanol–water partition coefficient (Wildman–Crippen LogP) is 0.702. The predicted molar refractivity (Wildman–Crippen MR) is 92.9 cm³/mol. The van der Waals surface area contributed by atoms with Crippen molar-refractivity contribution in [1.82, 2.24) is 19.6 Å². The fourth-order valence-corrected chi connectivity index (χ4v) is 3.50. The maximum Gasteiger partial charge on any atom is 0.320 e. The molecular weight excluding hydrogens is 308 g/mol. The van der Waals surface area contributed by atoms with Crippen LogP contribution >= 0.6 is 0 Å². The summed E-state index contributed by atoms with van der Waals surface area (Å²) in [4.78, 5) is 32.9. The molecule has 2 rings (SSSR count). The molecule has 24 heavy (non-hydrogen) atoms. The van der Waals surface area contributed by atoms with Crippen LogP contribution < -0.4 is 0 Å². The van der Waals surface area contributed by atoms with Crippen LogP contribution in [-0.4, -0.2) is 103 Å². The molecule has 0 aromatic heterocycles. The second-order valence-electron chi connectivity index (χ2n) is 7.13. The third kappa shape index (κ3) is 4.83. The van der Waals surface area contributed by atoms with Gasteiger partial charge in [-0.3, -0.25) is 9.69 Å². The highest BCUT2D eigenvalue weighted by molar-refractivity contribution is 5.79. The first kappa shape index (κ1) is 19.0. The van der Waals surface area contributed by atoms with Gasteiger partial charge in [-0.25, -0.2) is 4.79 Å². The third-order valence-corrected chi connectivity index (χ3v) is 4.68. The summed E-state index contributed by atoms with van der Waals surface area (Å²) in [5.74, 6) is 0.174. The fourth-order valence-electron chi connectivity index (χ4n) is 3.50. The van der Waals surface area contributed by atoms with Crippen LogP contribution in [0.15, 0.2) is 0 Å². The van der Waals surface area contributed by atoms with Crippen molar-refractivity contribution >= 4 is 11.9 Å². The van der Waals surface area contributed by atoms with Crippen molar-refractivity contribution in [1.29, 1.82) is 0 Å². The normalized spacial score (nSPS) is 19.9. The number of hydrogen-bond acceptors (Lipinski definition) is 4. The van der Waals surface area contributed by atoms with Gasteiger partial charge in [-0.1, -0.05) is 0 Å². The lowest BCUT2D eigenvalue weighted by atomic mass is 10.2. The molecule has 0 aromatic carbocycles. The third-order valence-electron chi connectivity index (χ3n) is 4.68. The number of piperazine rings is 1. The van der Waals surface area contributed by atoms with Crippen molar-refractivity contribution in [2.24, 2.45) is 0 Å². The van der Waals surface area contributed by atoms with E-state index in [-0.39, 0.29) is 24.0 Å². The van der Waals surface area contributed by atoms with Gasteiger partial charge >= 0.3 is 6.03 Å². The Morgan fingerprint density at radius 1 is 0.875 bits per heavy atom. The van der Waals surface area contributed by atoms with Crippen LogP contribution in [0, 0.1) is 0 Å². The number of urea groups is 1. The van der Waals surface area contributed by atoms with Crippen molar-refractivity contribution in [2.75, 3.05) is 59.0 Å². The second kappa shape index (κ2) is 8.67. The lowest BCUT2D eigenvalue weighted by molar-refractivity contribution is -0.136. The average molecular weight is 340 g/mol. The molecule has 0 N–H and O–H groups in total. The smallest absolute Gasteiger partial charge is 0.320 e. The molecule has 0 bridgehead atoms. The standard InChI is InChI=1S/C17H32N4O3/c1-14(2)21(15(3)4)16(22)13-18-5-7-19(8-6-18)17(23)20-9-11-24-12-10-20/h14-15H,5-13H2,1-4H3. The Hall–Kier alpha value is -1.34. The van der Waals surface area contributed by atoms with Gasteiger partial charge in [-0.15, -0.1) is 0 Å². The number of carbonyl (C=O) groups excluding carboxylic acids is 2. The van der Waals surface area contributed by atoms with E-state index in [0.717, 1.165) is 13.1 Å². The summed E-state index contributed by atoms with van der Waals surface area (Å²) in [7, 11) is 0. The molecule has 0 atom stereocenters. The molecule has 2 fully saturated rings. The first-order valence-electron chi connectivity index (χ1n) is 9.05. The van der Waals surface area contributed by atoms with Gasteiger partial charge < -0.3 is 19.4 Å². The van der Waals surface area contributed by atoms with Crippen molar-refractivity contribution in [3.05, 3.63) is 0 Å². The van der Waals surface area contributed by atoms with E-state index in [9.17, 15) is 9.59 Å². The first-order chi connectivity index (χ1) is 11.4. The number of ether oxygens (including phenoxy) is 1. The number of carbonyl (C=O) groups is 2. The van der Waals surface area contributed by atoms with Gasteiger partial charge in [0.05, 0.1) is 19.8 Å². The molecule has 0 radical (unpaired) electrons. The number of amides is 3. The minimum Gasteiger partial charge on any atom is -0.378 e. The van der Waals surface area contributed by atoms with Gasteiger partial charge in [0.2, 0.25) is 5.91 Å². The monoisotopic (exact) mass is 340 g/mol. The Bertz CT molecular complexity index is 420. The number of nitrogens with zero attached hydrogens (tertiary/aromatic N) is 4. The van der Waals surface area contributed by atoms with Crippen molar-refractivity contribution in [3.8, 4) is 0 Å². The molecule has 0 saturated carbocycles. The van der Waals surface area contributed by atoms with Crippen LogP contribution in [-0.2, 0) is 9.53 Å². The van der Waals surface area contributed by atoms with Gasteiger partial charge in [-0.2, -0.15) is 0 Å². The fraction of sp³-hybridized carbons (Fsp3) is 0.882. The van der Waals surface area contributed by atoms with Crippen LogP contribution in [0.4, 0.5) is 4.79 Å². The van der Waals surface area contributed by atoms with E-state index in [0.29, 0.717) is 45.9 Å². The van der Waals surface area contributed by atoms with Gasteiger partial charge in [-0.05, 0) is 27.7 Å². The molecule has 0 aliphatic carbocycles. The first-order valence-corrected chi connectivity index (χ1v) is 9.05. The SMILES string of the molecule is CC(C)N(C(=O)CN1CCN(C(=O)N2CCOCC2)CC1)C(C)C. The molecule has 0 aromatic rings. The molecule has 0 unspecified atom stereocenters. The molecule has 2 heterocycles. The van der Waals surface area contributed by atoms with E-state index < -0.39 is 0 Å². The molecule has 2 saturated heterocycles. The Labute approximate surface area is 145 Å². The highest BCUT2D eigenvalue weighted by Crippen LogP contribution is 2.10. The van der Waals surface area contributed by atoms with E-state index in [4.69, 9.17) is 4.74 Å². The number of morpholine rings is 1. The molecule has 0 spiro atoms. The average Bonchev–Trinajstić information content (AvgIpc) is 2.55. The molecule has 7 nitrogen and oxygen atoms in total. The lowest BCUT2D eigenvalue weighted by Gasteiger charge is -2.39. The van der Waals surface area contributed by atoms with Gasteiger partial charge in [0.25, 0.3) is 0 Å². The Kier molecular flexibility index (Phi) is 6.86. The largest absolute Gasteiger partial charge is 0.378 e. The number of rotatable bonds is 4. The van der Waals surface area contributed by atoms with Crippen LogP contribution in [0.2, 0.25) is 0 Å². The topological polar surface area (TPSA) is 56.3 Å². The summed E-state index contributed by atoms with van der Waals surface area (Å²) in [6.45, 7) is 14.1. The maximum atomic E-state index is 12.5. The Morgan fingerprint density at radius 3 is 1.88 bits per heavy atom. The van der Waals surface area contributed by atoms with Crippen LogP contribution in [0.25, 0.3) is 0 Å². The molecule has 7 heteroatoms. The molecular formula is C17H32N4O3. The molecule has 2 aliphatic rings. The zero-order valence-electron chi connectivity index (χ0n) is 15.5. The van der Waals surface area contributed by atoms with Gasteiger partial charge in [0.1, 0.15) is 0 Å². The van der Waals surface area contributed by atoms with Crippen LogP contribution in [0.5, 0.6) is 0 Å². The minimum atomic E-state index is 0.107. The van der Waals surface area contributed by atoms with Crippen molar-refractivity contribution in [3.63, 3.8) is 0 Å². The summed E-state index contributed by atoms with van der Waals surface area (Å²) < 4.78 is 5.30. The van der Waals surface area contributed by atoms with Crippen molar-refractivity contribution < 1.29 is 14.3 Å².